The highest BCUT2D eigenvalue weighted by molar-refractivity contribution is 9.10. The second kappa shape index (κ2) is 4.93. The molecular formula is C14H12BrN3O. The van der Waals surface area contributed by atoms with E-state index in [0.717, 1.165) is 21.6 Å². The van der Waals surface area contributed by atoms with Crippen LogP contribution in [0.4, 0.5) is 5.69 Å². The monoisotopic (exact) mass is 317 g/mol. The number of nitrogen functional groups attached to an aromatic ring is 1. The predicted octanol–water partition coefficient (Wildman–Crippen LogP) is 3.26. The summed E-state index contributed by atoms with van der Waals surface area (Å²) in [5.74, 6) is 0.799. The summed E-state index contributed by atoms with van der Waals surface area (Å²) in [5.41, 5.74) is 8.13. The van der Waals surface area contributed by atoms with Crippen LogP contribution in [-0.2, 0) is 6.61 Å². The average Bonchev–Trinajstić information content (AvgIpc) is 2.82. The number of hydrogen-bond donors (Lipinski definition) is 1. The van der Waals surface area contributed by atoms with E-state index in [9.17, 15) is 0 Å². The number of fused-ring (bicyclic) bond motifs is 1. The molecule has 0 radical (unpaired) electrons. The van der Waals surface area contributed by atoms with E-state index in [2.05, 4.69) is 20.9 Å². The minimum Gasteiger partial charge on any atom is -0.486 e. The molecule has 2 aromatic heterocycles. The van der Waals surface area contributed by atoms with Crippen LogP contribution in [0.5, 0.6) is 5.75 Å². The van der Waals surface area contributed by atoms with Crippen molar-refractivity contribution < 1.29 is 4.74 Å². The molecule has 2 N–H and O–H groups in total. The second-order valence-corrected chi connectivity index (χ2v) is 5.00. The smallest absolute Gasteiger partial charge is 0.160 e. The molecule has 5 heteroatoms. The van der Waals surface area contributed by atoms with Crippen molar-refractivity contribution in [3.05, 3.63) is 59.0 Å². The topological polar surface area (TPSA) is 52.5 Å². The van der Waals surface area contributed by atoms with E-state index < -0.39 is 0 Å². The van der Waals surface area contributed by atoms with Crippen LogP contribution in [0.2, 0.25) is 0 Å². The van der Waals surface area contributed by atoms with Crippen LogP contribution in [0, 0.1) is 0 Å². The Kier molecular flexibility index (Phi) is 3.13. The highest BCUT2D eigenvalue weighted by Gasteiger charge is 2.06. The van der Waals surface area contributed by atoms with E-state index in [4.69, 9.17) is 10.5 Å². The summed E-state index contributed by atoms with van der Waals surface area (Å²) in [5, 5.41) is 0. The van der Waals surface area contributed by atoms with E-state index in [0.29, 0.717) is 12.3 Å². The van der Waals surface area contributed by atoms with Crippen molar-refractivity contribution in [2.24, 2.45) is 0 Å². The molecule has 0 bridgehead atoms. The molecule has 3 aromatic rings. The summed E-state index contributed by atoms with van der Waals surface area (Å²) in [6.07, 6.45) is 3.84. The fourth-order valence-corrected chi connectivity index (χ4v) is 2.27. The Balaban J connectivity index is 1.83. The lowest BCUT2D eigenvalue weighted by Gasteiger charge is -2.05. The SMILES string of the molecule is Nc1cccn2cc(COc3ccccc3Br)nc12. The number of aromatic nitrogens is 2. The molecule has 0 aliphatic heterocycles. The summed E-state index contributed by atoms with van der Waals surface area (Å²) in [4.78, 5) is 4.45. The van der Waals surface area contributed by atoms with Crippen molar-refractivity contribution in [3.63, 3.8) is 0 Å². The standard InChI is InChI=1S/C14H12BrN3O/c15-11-4-1-2-6-13(11)19-9-10-8-18-7-3-5-12(16)14(18)17-10/h1-8H,9,16H2. The normalized spacial score (nSPS) is 10.8. The van der Waals surface area contributed by atoms with Crippen molar-refractivity contribution in [1.29, 1.82) is 0 Å². The van der Waals surface area contributed by atoms with Gasteiger partial charge >= 0.3 is 0 Å². The van der Waals surface area contributed by atoms with Crippen molar-refractivity contribution in [3.8, 4) is 5.75 Å². The average molecular weight is 318 g/mol. The van der Waals surface area contributed by atoms with Gasteiger partial charge in [0.25, 0.3) is 0 Å². The van der Waals surface area contributed by atoms with Crippen molar-refractivity contribution in [2.75, 3.05) is 5.73 Å². The van der Waals surface area contributed by atoms with E-state index >= 15 is 0 Å². The Bertz CT molecular complexity index is 724. The number of hydrogen-bond acceptors (Lipinski definition) is 3. The quantitative estimate of drug-likeness (QED) is 0.806. The van der Waals surface area contributed by atoms with Crippen LogP contribution in [0.15, 0.2) is 53.3 Å². The van der Waals surface area contributed by atoms with E-state index in [-0.39, 0.29) is 0 Å². The number of halogens is 1. The molecule has 2 heterocycles. The highest BCUT2D eigenvalue weighted by atomic mass is 79.9. The lowest BCUT2D eigenvalue weighted by Crippen LogP contribution is -1.96. The van der Waals surface area contributed by atoms with Crippen LogP contribution < -0.4 is 10.5 Å². The maximum absolute atomic E-state index is 5.87. The number of imidazole rings is 1. The van der Waals surface area contributed by atoms with Crippen LogP contribution in [-0.4, -0.2) is 9.38 Å². The molecule has 0 aliphatic rings. The number of nitrogens with two attached hydrogens (primary N) is 1. The minimum atomic E-state index is 0.406. The van der Waals surface area contributed by atoms with Crippen molar-refractivity contribution in [1.82, 2.24) is 9.38 Å². The first-order valence-electron chi connectivity index (χ1n) is 5.83. The van der Waals surface area contributed by atoms with Gasteiger partial charge in [0.15, 0.2) is 5.65 Å². The van der Waals surface area contributed by atoms with Crippen LogP contribution in [0.25, 0.3) is 5.65 Å². The van der Waals surface area contributed by atoms with Gasteiger partial charge in [0.2, 0.25) is 0 Å². The van der Waals surface area contributed by atoms with Gasteiger partial charge in [-0.2, -0.15) is 0 Å². The van der Waals surface area contributed by atoms with Gasteiger partial charge in [-0.15, -0.1) is 0 Å². The molecule has 96 valence electrons. The fourth-order valence-electron chi connectivity index (χ4n) is 1.87. The molecule has 0 fully saturated rings. The van der Waals surface area contributed by atoms with Gasteiger partial charge in [-0.1, -0.05) is 12.1 Å². The first-order valence-corrected chi connectivity index (χ1v) is 6.63. The maximum Gasteiger partial charge on any atom is 0.160 e. The summed E-state index contributed by atoms with van der Waals surface area (Å²) in [7, 11) is 0. The van der Waals surface area contributed by atoms with E-state index in [1.807, 2.05) is 53.2 Å². The van der Waals surface area contributed by atoms with Crippen LogP contribution >= 0.6 is 15.9 Å². The van der Waals surface area contributed by atoms with Crippen molar-refractivity contribution in [2.45, 2.75) is 6.61 Å². The molecule has 0 amide bonds. The molecule has 0 saturated heterocycles. The molecular weight excluding hydrogens is 306 g/mol. The zero-order chi connectivity index (χ0) is 13.2. The molecule has 4 nitrogen and oxygen atoms in total. The van der Waals surface area contributed by atoms with Crippen molar-refractivity contribution >= 4 is 27.3 Å². The molecule has 0 unspecified atom stereocenters. The largest absolute Gasteiger partial charge is 0.486 e. The maximum atomic E-state index is 5.87. The zero-order valence-corrected chi connectivity index (χ0v) is 11.7. The molecule has 3 rings (SSSR count). The Morgan fingerprint density at radius 2 is 2.05 bits per heavy atom. The summed E-state index contributed by atoms with van der Waals surface area (Å²) < 4.78 is 8.55. The molecule has 0 aliphatic carbocycles. The number of nitrogens with zero attached hydrogens (tertiary/aromatic N) is 2. The first kappa shape index (κ1) is 12.0. The summed E-state index contributed by atoms with van der Waals surface area (Å²) in [6.45, 7) is 0.406. The lowest BCUT2D eigenvalue weighted by atomic mass is 10.3. The summed E-state index contributed by atoms with van der Waals surface area (Å²) in [6, 6.07) is 11.5. The summed E-state index contributed by atoms with van der Waals surface area (Å²) >= 11 is 3.45. The van der Waals surface area contributed by atoms with Gasteiger partial charge in [-0.25, -0.2) is 4.98 Å². The van der Waals surface area contributed by atoms with Gasteiger partial charge in [0, 0.05) is 12.4 Å². The minimum absolute atomic E-state index is 0.406. The molecule has 1 aromatic carbocycles. The van der Waals surface area contributed by atoms with Crippen LogP contribution in [0.1, 0.15) is 5.69 Å². The zero-order valence-electron chi connectivity index (χ0n) is 10.1. The second-order valence-electron chi connectivity index (χ2n) is 4.15. The third-order valence-corrected chi connectivity index (χ3v) is 3.43. The third-order valence-electron chi connectivity index (χ3n) is 2.78. The highest BCUT2D eigenvalue weighted by Crippen LogP contribution is 2.24. The van der Waals surface area contributed by atoms with E-state index in [1.54, 1.807) is 0 Å². The first-order chi connectivity index (χ1) is 9.24. The van der Waals surface area contributed by atoms with Gasteiger partial charge in [-0.05, 0) is 40.2 Å². The number of benzene rings is 1. The lowest BCUT2D eigenvalue weighted by molar-refractivity contribution is 0.300. The Hall–Kier alpha value is -2.01. The van der Waals surface area contributed by atoms with Gasteiger partial charge < -0.3 is 14.9 Å². The van der Waals surface area contributed by atoms with Crippen LogP contribution in [0.3, 0.4) is 0 Å². The number of anilines is 1. The fraction of sp³-hybridized carbons (Fsp3) is 0.0714. The van der Waals surface area contributed by atoms with E-state index in [1.165, 1.54) is 0 Å². The number of para-hydroxylation sites is 1. The predicted molar refractivity (Wildman–Crippen MR) is 78.1 cm³/mol. The Morgan fingerprint density at radius 1 is 1.21 bits per heavy atom. The number of ether oxygens (including phenoxy) is 1. The molecule has 0 spiro atoms. The number of pyridine rings is 1. The Morgan fingerprint density at radius 3 is 2.84 bits per heavy atom. The number of rotatable bonds is 3. The molecule has 0 saturated carbocycles. The van der Waals surface area contributed by atoms with Gasteiger partial charge in [0.05, 0.1) is 15.9 Å². The van der Waals surface area contributed by atoms with Gasteiger partial charge in [-0.3, -0.25) is 0 Å². The Labute approximate surface area is 119 Å². The molecule has 19 heavy (non-hydrogen) atoms. The molecule has 0 atom stereocenters. The van der Waals surface area contributed by atoms with Gasteiger partial charge in [0.1, 0.15) is 12.4 Å². The third kappa shape index (κ3) is 2.42.